The highest BCUT2D eigenvalue weighted by Crippen LogP contribution is 2.32. The fourth-order valence-electron chi connectivity index (χ4n) is 1.74. The molecule has 2 rings (SSSR count). The fraction of sp³-hybridized carbons (Fsp3) is 0.250. The van der Waals surface area contributed by atoms with E-state index in [1.807, 2.05) is 0 Å². The lowest BCUT2D eigenvalue weighted by Crippen LogP contribution is -2.25. The van der Waals surface area contributed by atoms with E-state index in [1.54, 1.807) is 13.8 Å². The predicted octanol–water partition coefficient (Wildman–Crippen LogP) is 2.51. The van der Waals surface area contributed by atoms with Crippen molar-refractivity contribution in [3.8, 4) is 23.8 Å². The minimum Gasteiger partial charge on any atom is -0.475 e. The third-order valence-corrected chi connectivity index (χ3v) is 2.65. The molecule has 21 heavy (non-hydrogen) atoms. The van der Waals surface area contributed by atoms with Crippen LogP contribution in [0.25, 0.3) is 11.0 Å². The van der Waals surface area contributed by atoms with E-state index in [0.29, 0.717) is 11.1 Å². The summed E-state index contributed by atoms with van der Waals surface area (Å²) in [5.41, 5.74) is -1.11. The second-order valence-electron chi connectivity index (χ2n) is 4.94. The molecule has 0 bridgehead atoms. The number of rotatable bonds is 3. The van der Waals surface area contributed by atoms with E-state index in [9.17, 15) is 9.59 Å². The van der Waals surface area contributed by atoms with Crippen LogP contribution in [-0.4, -0.2) is 11.6 Å². The van der Waals surface area contributed by atoms with Gasteiger partial charge in [0.05, 0.1) is 5.39 Å². The first-order valence-corrected chi connectivity index (χ1v) is 6.24. The highest BCUT2D eigenvalue weighted by atomic mass is 16.5. The smallest absolute Gasteiger partial charge is 0.336 e. The Kier molecular flexibility index (Phi) is 3.72. The van der Waals surface area contributed by atoms with E-state index < -0.39 is 17.2 Å². The molecule has 0 saturated heterocycles. The number of hydrogen-bond donors (Lipinski definition) is 0. The molecule has 0 fully saturated rings. The van der Waals surface area contributed by atoms with Crippen LogP contribution in [0, 0.1) is 12.3 Å². The van der Waals surface area contributed by atoms with E-state index in [2.05, 4.69) is 5.92 Å². The monoisotopic (exact) mass is 286 g/mol. The van der Waals surface area contributed by atoms with Gasteiger partial charge < -0.3 is 13.9 Å². The van der Waals surface area contributed by atoms with Gasteiger partial charge in [-0.1, -0.05) is 5.92 Å². The van der Waals surface area contributed by atoms with Gasteiger partial charge in [0.15, 0.2) is 5.60 Å². The van der Waals surface area contributed by atoms with Gasteiger partial charge in [0, 0.05) is 25.1 Å². The average molecular weight is 286 g/mol. The minimum atomic E-state index is -0.851. The average Bonchev–Trinajstić information content (AvgIpc) is 2.37. The first kappa shape index (κ1) is 14.7. The van der Waals surface area contributed by atoms with E-state index in [-0.39, 0.29) is 11.3 Å². The van der Waals surface area contributed by atoms with Crippen molar-refractivity contribution >= 4 is 16.9 Å². The van der Waals surface area contributed by atoms with Gasteiger partial charge in [-0.15, -0.1) is 6.42 Å². The highest BCUT2D eigenvalue weighted by Gasteiger charge is 2.18. The third-order valence-electron chi connectivity index (χ3n) is 2.65. The van der Waals surface area contributed by atoms with Crippen molar-refractivity contribution in [3.05, 3.63) is 34.7 Å². The van der Waals surface area contributed by atoms with Gasteiger partial charge in [0.2, 0.25) is 0 Å². The second-order valence-corrected chi connectivity index (χ2v) is 4.94. The van der Waals surface area contributed by atoms with Gasteiger partial charge in [0.1, 0.15) is 17.1 Å². The number of esters is 1. The molecule has 1 aromatic carbocycles. The third kappa shape index (κ3) is 3.42. The lowest BCUT2D eigenvalue weighted by atomic mass is 10.1. The van der Waals surface area contributed by atoms with Crippen molar-refractivity contribution in [1.29, 1.82) is 0 Å². The summed E-state index contributed by atoms with van der Waals surface area (Å²) in [5, 5.41) is 0.496. The van der Waals surface area contributed by atoms with Crippen molar-refractivity contribution < 1.29 is 18.7 Å². The normalized spacial score (nSPS) is 11.0. The van der Waals surface area contributed by atoms with Crippen molar-refractivity contribution in [2.45, 2.75) is 26.4 Å². The zero-order valence-electron chi connectivity index (χ0n) is 11.9. The number of fused-ring (bicyclic) bond motifs is 1. The largest absolute Gasteiger partial charge is 0.475 e. The quantitative estimate of drug-likeness (QED) is 0.375. The van der Waals surface area contributed by atoms with E-state index in [4.69, 9.17) is 20.3 Å². The maximum absolute atomic E-state index is 11.3. The standard InChI is InChI=1S/C16H14O5/c1-5-16(3,4)21-11-8-13(19-10(2)17)12-6-7-15(18)20-14(12)9-11/h1,6-9H,2-4H3. The Morgan fingerprint density at radius 1 is 1.33 bits per heavy atom. The predicted molar refractivity (Wildman–Crippen MR) is 77.3 cm³/mol. The maximum Gasteiger partial charge on any atom is 0.336 e. The van der Waals surface area contributed by atoms with Gasteiger partial charge in [-0.2, -0.15) is 0 Å². The highest BCUT2D eigenvalue weighted by molar-refractivity contribution is 5.87. The van der Waals surface area contributed by atoms with Crippen LogP contribution in [0.4, 0.5) is 0 Å². The first-order valence-electron chi connectivity index (χ1n) is 6.24. The van der Waals surface area contributed by atoms with Crippen LogP contribution in [0.2, 0.25) is 0 Å². The Bertz CT molecular complexity index is 792. The molecule has 0 amide bonds. The van der Waals surface area contributed by atoms with E-state index in [0.717, 1.165) is 0 Å². The van der Waals surface area contributed by atoms with Gasteiger partial charge in [-0.3, -0.25) is 4.79 Å². The molecule has 1 heterocycles. The van der Waals surface area contributed by atoms with Crippen LogP contribution in [0.5, 0.6) is 11.5 Å². The molecular formula is C16H14O5. The van der Waals surface area contributed by atoms with Crippen LogP contribution in [-0.2, 0) is 4.79 Å². The van der Waals surface area contributed by atoms with Crippen molar-refractivity contribution in [2.75, 3.05) is 0 Å². The molecule has 0 aliphatic carbocycles. The van der Waals surface area contributed by atoms with Gasteiger partial charge in [-0.25, -0.2) is 4.79 Å². The Labute approximate surface area is 121 Å². The van der Waals surface area contributed by atoms with Gasteiger partial charge in [-0.05, 0) is 19.9 Å². The van der Waals surface area contributed by atoms with Gasteiger partial charge >= 0.3 is 11.6 Å². The summed E-state index contributed by atoms with van der Waals surface area (Å²) in [6.45, 7) is 4.71. The van der Waals surface area contributed by atoms with Crippen LogP contribution >= 0.6 is 0 Å². The topological polar surface area (TPSA) is 65.7 Å². The first-order chi connectivity index (χ1) is 9.80. The molecule has 0 aliphatic rings. The fourth-order valence-corrected chi connectivity index (χ4v) is 1.74. The van der Waals surface area contributed by atoms with E-state index >= 15 is 0 Å². The summed E-state index contributed by atoms with van der Waals surface area (Å²) >= 11 is 0. The molecule has 0 atom stereocenters. The van der Waals surface area contributed by atoms with Crippen LogP contribution in [0.15, 0.2) is 33.5 Å². The number of ether oxygens (including phenoxy) is 2. The summed E-state index contributed by atoms with van der Waals surface area (Å²) in [6, 6.07) is 5.84. The Balaban J connectivity index is 2.60. The number of terminal acetylenes is 1. The summed E-state index contributed by atoms with van der Waals surface area (Å²) in [7, 11) is 0. The zero-order valence-corrected chi connectivity index (χ0v) is 11.9. The lowest BCUT2D eigenvalue weighted by molar-refractivity contribution is -0.131. The molecule has 2 aromatic rings. The Morgan fingerprint density at radius 3 is 2.67 bits per heavy atom. The zero-order chi connectivity index (χ0) is 15.6. The maximum atomic E-state index is 11.3. The second kappa shape index (κ2) is 5.33. The molecule has 5 nitrogen and oxygen atoms in total. The summed E-state index contributed by atoms with van der Waals surface area (Å²) in [4.78, 5) is 22.5. The summed E-state index contributed by atoms with van der Waals surface area (Å²) in [5.74, 6) is 2.58. The van der Waals surface area contributed by atoms with Crippen molar-refractivity contribution in [3.63, 3.8) is 0 Å². The van der Waals surface area contributed by atoms with Crippen LogP contribution in [0.1, 0.15) is 20.8 Å². The lowest BCUT2D eigenvalue weighted by Gasteiger charge is -2.20. The molecule has 0 unspecified atom stereocenters. The molecular weight excluding hydrogens is 272 g/mol. The van der Waals surface area contributed by atoms with Gasteiger partial charge in [0.25, 0.3) is 0 Å². The summed E-state index contributed by atoms with van der Waals surface area (Å²) in [6.07, 6.45) is 5.38. The Hall–Kier alpha value is -2.74. The molecule has 108 valence electrons. The number of carbonyl (C=O) groups is 1. The van der Waals surface area contributed by atoms with Crippen molar-refractivity contribution in [2.24, 2.45) is 0 Å². The number of carbonyl (C=O) groups excluding carboxylic acids is 1. The molecule has 5 heteroatoms. The number of benzene rings is 1. The molecule has 1 aromatic heterocycles. The Morgan fingerprint density at radius 2 is 2.05 bits per heavy atom. The van der Waals surface area contributed by atoms with Crippen molar-refractivity contribution in [1.82, 2.24) is 0 Å². The minimum absolute atomic E-state index is 0.242. The number of hydrogen-bond acceptors (Lipinski definition) is 5. The summed E-state index contributed by atoms with van der Waals surface area (Å²) < 4.78 is 15.8. The molecule has 0 N–H and O–H groups in total. The molecule has 0 aliphatic heterocycles. The molecule has 0 radical (unpaired) electrons. The molecule has 0 spiro atoms. The molecule has 0 saturated carbocycles. The van der Waals surface area contributed by atoms with E-state index in [1.165, 1.54) is 31.2 Å². The van der Waals surface area contributed by atoms with Crippen LogP contribution < -0.4 is 15.1 Å². The SMILES string of the molecule is C#CC(C)(C)Oc1cc(OC(C)=O)c2ccc(=O)oc2c1. The van der Waals surface area contributed by atoms with Crippen LogP contribution in [0.3, 0.4) is 0 Å².